The van der Waals surface area contributed by atoms with Crippen molar-refractivity contribution in [2.75, 3.05) is 0 Å². The summed E-state index contributed by atoms with van der Waals surface area (Å²) >= 11 is 0. The molecule has 24 heavy (non-hydrogen) atoms. The van der Waals surface area contributed by atoms with Crippen LogP contribution in [0.3, 0.4) is 0 Å². The molecule has 4 rings (SSSR count). The Morgan fingerprint density at radius 1 is 1.33 bits per heavy atom. The molecule has 3 unspecified atom stereocenters. The molecule has 3 N–H and O–H groups in total. The van der Waals surface area contributed by atoms with Crippen LogP contribution >= 0.6 is 0 Å². The van der Waals surface area contributed by atoms with Gasteiger partial charge in [-0.3, -0.25) is 4.79 Å². The minimum Gasteiger partial charge on any atom is -0.438 e. The van der Waals surface area contributed by atoms with Gasteiger partial charge >= 0.3 is 0 Å². The number of rotatable bonds is 3. The van der Waals surface area contributed by atoms with Crippen molar-refractivity contribution >= 4 is 15.9 Å². The third-order valence-electron chi connectivity index (χ3n) is 5.01. The van der Waals surface area contributed by atoms with Crippen LogP contribution in [0.15, 0.2) is 39.8 Å². The topological polar surface area (TPSA) is 102 Å². The van der Waals surface area contributed by atoms with Gasteiger partial charge < -0.3 is 9.73 Å². The van der Waals surface area contributed by atoms with E-state index in [1.165, 1.54) is 17.2 Å². The summed E-state index contributed by atoms with van der Waals surface area (Å²) < 4.78 is 27.9. The first kappa shape index (κ1) is 15.4. The summed E-state index contributed by atoms with van der Waals surface area (Å²) in [5.74, 6) is 0.402. The smallest absolute Gasteiger partial charge is 0.287 e. The fourth-order valence-electron chi connectivity index (χ4n) is 3.80. The predicted molar refractivity (Wildman–Crippen MR) is 87.1 cm³/mol. The average molecular weight is 346 g/mol. The van der Waals surface area contributed by atoms with Gasteiger partial charge in [0.25, 0.3) is 15.9 Å². The van der Waals surface area contributed by atoms with E-state index in [4.69, 9.17) is 9.56 Å². The lowest BCUT2D eigenvalue weighted by Crippen LogP contribution is -2.27. The fraction of sp³-hybridized carbons (Fsp3) is 0.353. The zero-order valence-corrected chi connectivity index (χ0v) is 14.0. The van der Waals surface area contributed by atoms with E-state index in [0.29, 0.717) is 17.4 Å². The van der Waals surface area contributed by atoms with Crippen LogP contribution in [0.2, 0.25) is 0 Å². The molecule has 1 aromatic heterocycles. The zero-order valence-electron chi connectivity index (χ0n) is 13.2. The van der Waals surface area contributed by atoms with Crippen LogP contribution in [0.5, 0.6) is 0 Å². The Hall–Kier alpha value is -2.12. The van der Waals surface area contributed by atoms with Crippen LogP contribution in [0, 0.1) is 12.8 Å². The SMILES string of the molecule is Cc1cc(S(N)(=O)=O)oc1C(=O)NC1C2CCc3ccccc3C21. The molecule has 1 saturated carbocycles. The van der Waals surface area contributed by atoms with Crippen LogP contribution in [0.4, 0.5) is 0 Å². The Morgan fingerprint density at radius 2 is 2.08 bits per heavy atom. The predicted octanol–water partition coefficient (Wildman–Crippen LogP) is 1.69. The number of amides is 1. The molecular weight excluding hydrogens is 328 g/mol. The fourth-order valence-corrected chi connectivity index (χ4v) is 4.34. The Balaban J connectivity index is 1.54. The molecule has 1 heterocycles. The summed E-state index contributed by atoms with van der Waals surface area (Å²) in [4.78, 5) is 12.5. The first-order valence-electron chi connectivity index (χ1n) is 7.88. The van der Waals surface area contributed by atoms with Gasteiger partial charge in [0.2, 0.25) is 5.09 Å². The van der Waals surface area contributed by atoms with Crippen molar-refractivity contribution < 1.29 is 17.6 Å². The van der Waals surface area contributed by atoms with E-state index in [-0.39, 0.29) is 22.8 Å². The number of nitrogens with one attached hydrogen (secondary N) is 1. The third-order valence-corrected chi connectivity index (χ3v) is 5.77. The molecule has 0 aliphatic heterocycles. The van der Waals surface area contributed by atoms with Crippen molar-refractivity contribution in [2.45, 2.75) is 36.8 Å². The van der Waals surface area contributed by atoms with Crippen molar-refractivity contribution in [3.63, 3.8) is 0 Å². The molecule has 2 aliphatic rings. The molecule has 0 spiro atoms. The molecule has 2 aliphatic carbocycles. The first-order valence-corrected chi connectivity index (χ1v) is 9.43. The van der Waals surface area contributed by atoms with Gasteiger partial charge in [-0.2, -0.15) is 0 Å². The second-order valence-electron chi connectivity index (χ2n) is 6.55. The lowest BCUT2D eigenvalue weighted by Gasteiger charge is -2.13. The lowest BCUT2D eigenvalue weighted by molar-refractivity contribution is 0.0914. The lowest BCUT2D eigenvalue weighted by atomic mass is 9.92. The van der Waals surface area contributed by atoms with Gasteiger partial charge in [-0.25, -0.2) is 13.6 Å². The third kappa shape index (κ3) is 2.44. The summed E-state index contributed by atoms with van der Waals surface area (Å²) in [6.07, 6.45) is 2.07. The summed E-state index contributed by atoms with van der Waals surface area (Å²) in [7, 11) is -3.96. The second kappa shape index (κ2) is 5.19. The molecule has 7 heteroatoms. The zero-order chi connectivity index (χ0) is 17.1. The van der Waals surface area contributed by atoms with Crippen molar-refractivity contribution in [3.05, 3.63) is 52.8 Å². The van der Waals surface area contributed by atoms with Gasteiger partial charge in [0.15, 0.2) is 5.76 Å². The van der Waals surface area contributed by atoms with Crippen LogP contribution in [0.25, 0.3) is 0 Å². The van der Waals surface area contributed by atoms with Gasteiger partial charge in [-0.05, 0) is 36.8 Å². The highest BCUT2D eigenvalue weighted by Crippen LogP contribution is 2.54. The first-order chi connectivity index (χ1) is 11.4. The normalized spacial score (nSPS) is 24.8. The maximum atomic E-state index is 12.5. The van der Waals surface area contributed by atoms with Crippen LogP contribution < -0.4 is 10.5 Å². The monoisotopic (exact) mass is 346 g/mol. The Bertz CT molecular complexity index is 932. The molecule has 0 bridgehead atoms. The summed E-state index contributed by atoms with van der Waals surface area (Å²) in [6.45, 7) is 1.63. The van der Waals surface area contributed by atoms with Gasteiger partial charge in [-0.1, -0.05) is 24.3 Å². The van der Waals surface area contributed by atoms with Gasteiger partial charge in [0, 0.05) is 23.6 Å². The number of sulfonamides is 1. The number of hydrogen-bond acceptors (Lipinski definition) is 4. The molecule has 2 aromatic rings. The molecule has 1 aromatic carbocycles. The average Bonchev–Trinajstić information content (AvgIpc) is 3.07. The van der Waals surface area contributed by atoms with Crippen molar-refractivity contribution in [3.8, 4) is 0 Å². The van der Waals surface area contributed by atoms with Gasteiger partial charge in [0.1, 0.15) is 0 Å². The minimum atomic E-state index is -3.96. The van der Waals surface area contributed by atoms with E-state index in [0.717, 1.165) is 12.8 Å². The Kier molecular flexibility index (Phi) is 3.33. The highest BCUT2D eigenvalue weighted by atomic mass is 32.2. The highest BCUT2D eigenvalue weighted by Gasteiger charge is 2.54. The number of hydrogen-bond donors (Lipinski definition) is 2. The number of nitrogens with two attached hydrogens (primary N) is 1. The summed E-state index contributed by atoms with van der Waals surface area (Å²) in [5.41, 5.74) is 3.11. The van der Waals surface area contributed by atoms with Crippen LogP contribution in [-0.4, -0.2) is 20.4 Å². The van der Waals surface area contributed by atoms with Crippen molar-refractivity contribution in [1.82, 2.24) is 5.32 Å². The minimum absolute atomic E-state index is 0.0101. The number of benzene rings is 1. The van der Waals surface area contributed by atoms with Crippen molar-refractivity contribution in [1.29, 1.82) is 0 Å². The number of carbonyl (C=O) groups excluding carboxylic acids is 1. The second-order valence-corrected chi connectivity index (χ2v) is 8.04. The highest BCUT2D eigenvalue weighted by molar-refractivity contribution is 7.89. The van der Waals surface area contributed by atoms with E-state index in [1.54, 1.807) is 6.92 Å². The maximum Gasteiger partial charge on any atom is 0.287 e. The molecule has 1 fully saturated rings. The number of fused-ring (bicyclic) bond motifs is 3. The van der Waals surface area contributed by atoms with E-state index < -0.39 is 10.0 Å². The van der Waals surface area contributed by atoms with Crippen LogP contribution in [-0.2, 0) is 16.4 Å². The quantitative estimate of drug-likeness (QED) is 0.883. The van der Waals surface area contributed by atoms with Crippen LogP contribution in [0.1, 0.15) is 39.6 Å². The summed E-state index contributed by atoms with van der Waals surface area (Å²) in [5, 5.41) is 7.65. The van der Waals surface area contributed by atoms with Gasteiger partial charge in [-0.15, -0.1) is 0 Å². The maximum absolute atomic E-state index is 12.5. The number of carbonyl (C=O) groups is 1. The number of primary sulfonamides is 1. The van der Waals surface area contributed by atoms with E-state index in [9.17, 15) is 13.2 Å². The molecule has 3 atom stereocenters. The molecule has 0 saturated heterocycles. The standard InChI is InChI=1S/C17H18N2O4S/c1-9-8-13(24(18,21)22)23-16(9)17(20)19-15-12-7-6-10-4-2-3-5-11(10)14(12)15/h2-5,8,12,14-15H,6-7H2,1H3,(H,19,20)(H2,18,21,22). The number of aryl methyl sites for hydroxylation is 2. The number of furan rings is 1. The molecule has 6 nitrogen and oxygen atoms in total. The Morgan fingerprint density at radius 3 is 2.79 bits per heavy atom. The summed E-state index contributed by atoms with van der Waals surface area (Å²) in [6, 6.07) is 9.67. The van der Waals surface area contributed by atoms with Crippen molar-refractivity contribution in [2.24, 2.45) is 11.1 Å². The molecule has 126 valence electrons. The molecule has 0 radical (unpaired) electrons. The van der Waals surface area contributed by atoms with Gasteiger partial charge in [0.05, 0.1) is 0 Å². The Labute approximate surface area is 140 Å². The molecular formula is C17H18N2O4S. The van der Waals surface area contributed by atoms with E-state index in [2.05, 4.69) is 17.4 Å². The molecule has 1 amide bonds. The van der Waals surface area contributed by atoms with E-state index in [1.807, 2.05) is 12.1 Å². The largest absolute Gasteiger partial charge is 0.438 e. The van der Waals surface area contributed by atoms with E-state index >= 15 is 0 Å².